The molecule has 0 bridgehead atoms. The minimum atomic E-state index is 0.0417. The van der Waals surface area contributed by atoms with Gasteiger partial charge in [0.15, 0.2) is 0 Å². The minimum Gasteiger partial charge on any atom is -0.486 e. The first-order valence-corrected chi connectivity index (χ1v) is 6.86. The van der Waals surface area contributed by atoms with Crippen molar-refractivity contribution in [1.29, 1.82) is 0 Å². The van der Waals surface area contributed by atoms with Crippen LogP contribution in [0.1, 0.15) is 36.1 Å². The van der Waals surface area contributed by atoms with E-state index in [0.717, 1.165) is 17.0 Å². The zero-order valence-electron chi connectivity index (χ0n) is 11.2. The largest absolute Gasteiger partial charge is 0.486 e. The normalized spacial score (nSPS) is 15.0. The number of rotatable bonds is 3. The molecule has 0 fully saturated rings. The molecule has 19 heavy (non-hydrogen) atoms. The van der Waals surface area contributed by atoms with Crippen LogP contribution in [0.2, 0.25) is 0 Å². The molecule has 0 amide bonds. The Balaban J connectivity index is 1.75. The van der Waals surface area contributed by atoms with E-state index in [9.17, 15) is 0 Å². The van der Waals surface area contributed by atoms with Crippen LogP contribution in [-0.4, -0.2) is 0 Å². The molecule has 0 aliphatic heterocycles. The van der Waals surface area contributed by atoms with Crippen LogP contribution in [-0.2, 0) is 12.8 Å². The predicted molar refractivity (Wildman–Crippen MR) is 78.4 cm³/mol. The smallest absolute Gasteiger partial charge is 0.121 e. The molecule has 0 saturated carbocycles. The van der Waals surface area contributed by atoms with Gasteiger partial charge in [-0.2, -0.15) is 0 Å². The van der Waals surface area contributed by atoms with Gasteiger partial charge in [-0.3, -0.25) is 0 Å². The number of aryl methyl sites for hydroxylation is 2. The molecule has 2 aromatic rings. The molecule has 1 atom stereocenters. The van der Waals surface area contributed by atoms with Crippen LogP contribution in [0.5, 0.6) is 5.75 Å². The average Bonchev–Trinajstić information content (AvgIpc) is 2.87. The topological polar surface area (TPSA) is 35.2 Å². The third-order valence-corrected chi connectivity index (χ3v) is 3.79. The summed E-state index contributed by atoms with van der Waals surface area (Å²) in [6.45, 7) is 2.07. The summed E-state index contributed by atoms with van der Waals surface area (Å²) in [6, 6.07) is 14.3. The van der Waals surface area contributed by atoms with Gasteiger partial charge < -0.3 is 10.5 Å². The van der Waals surface area contributed by atoms with Crippen molar-refractivity contribution >= 4 is 5.69 Å². The minimum absolute atomic E-state index is 0.0417. The number of ether oxygens (including phenoxy) is 1. The summed E-state index contributed by atoms with van der Waals surface area (Å²) in [5.74, 6) is 0.963. The number of hydrogen-bond acceptors (Lipinski definition) is 2. The van der Waals surface area contributed by atoms with Gasteiger partial charge in [0.1, 0.15) is 11.9 Å². The van der Waals surface area contributed by atoms with Crippen molar-refractivity contribution in [2.75, 3.05) is 5.73 Å². The zero-order chi connectivity index (χ0) is 13.2. The second-order valence-corrected chi connectivity index (χ2v) is 5.21. The summed E-state index contributed by atoms with van der Waals surface area (Å²) in [5, 5.41) is 0. The van der Waals surface area contributed by atoms with E-state index in [-0.39, 0.29) is 6.10 Å². The third kappa shape index (κ3) is 2.58. The van der Waals surface area contributed by atoms with E-state index in [1.165, 1.54) is 30.4 Å². The van der Waals surface area contributed by atoms with Crippen molar-refractivity contribution in [3.8, 4) is 5.75 Å². The van der Waals surface area contributed by atoms with Gasteiger partial charge in [0.2, 0.25) is 0 Å². The van der Waals surface area contributed by atoms with Crippen LogP contribution < -0.4 is 10.5 Å². The Kier molecular flexibility index (Phi) is 3.16. The maximum absolute atomic E-state index is 6.02. The summed E-state index contributed by atoms with van der Waals surface area (Å²) in [6.07, 6.45) is 3.71. The van der Waals surface area contributed by atoms with E-state index in [4.69, 9.17) is 10.5 Å². The molecular weight excluding hydrogens is 234 g/mol. The fraction of sp³-hybridized carbons (Fsp3) is 0.294. The van der Waals surface area contributed by atoms with Gasteiger partial charge >= 0.3 is 0 Å². The van der Waals surface area contributed by atoms with Crippen molar-refractivity contribution in [3.05, 3.63) is 59.2 Å². The predicted octanol–water partition coefficient (Wildman–Crippen LogP) is 3.90. The van der Waals surface area contributed by atoms with E-state index >= 15 is 0 Å². The molecule has 98 valence electrons. The van der Waals surface area contributed by atoms with Crippen molar-refractivity contribution < 1.29 is 4.74 Å². The molecule has 3 rings (SSSR count). The third-order valence-electron chi connectivity index (χ3n) is 3.79. The molecule has 1 unspecified atom stereocenters. The first-order chi connectivity index (χ1) is 9.22. The van der Waals surface area contributed by atoms with Crippen LogP contribution in [0.15, 0.2) is 42.5 Å². The van der Waals surface area contributed by atoms with E-state index < -0.39 is 0 Å². The average molecular weight is 253 g/mol. The monoisotopic (exact) mass is 253 g/mol. The van der Waals surface area contributed by atoms with Gasteiger partial charge in [0.25, 0.3) is 0 Å². The van der Waals surface area contributed by atoms with Crippen LogP contribution in [0.4, 0.5) is 5.69 Å². The number of fused-ring (bicyclic) bond motifs is 1. The van der Waals surface area contributed by atoms with Gasteiger partial charge in [0.05, 0.1) is 0 Å². The zero-order valence-corrected chi connectivity index (χ0v) is 11.2. The van der Waals surface area contributed by atoms with E-state index in [1.54, 1.807) is 0 Å². The Bertz CT molecular complexity index is 574. The van der Waals surface area contributed by atoms with Crippen LogP contribution in [0.25, 0.3) is 0 Å². The second-order valence-electron chi connectivity index (χ2n) is 5.21. The highest BCUT2D eigenvalue weighted by atomic mass is 16.5. The SMILES string of the molecule is CC(Oc1ccc2c(c1)CCC2)c1ccc(N)cc1. The van der Waals surface area contributed by atoms with Gasteiger partial charge in [-0.15, -0.1) is 0 Å². The van der Waals surface area contributed by atoms with Gasteiger partial charge in [-0.25, -0.2) is 0 Å². The second kappa shape index (κ2) is 4.96. The fourth-order valence-corrected chi connectivity index (χ4v) is 2.66. The lowest BCUT2D eigenvalue weighted by molar-refractivity contribution is 0.227. The van der Waals surface area contributed by atoms with E-state index in [2.05, 4.69) is 25.1 Å². The quantitative estimate of drug-likeness (QED) is 0.842. The molecule has 2 aromatic carbocycles. The number of benzene rings is 2. The highest BCUT2D eigenvalue weighted by Gasteiger charge is 2.13. The Hall–Kier alpha value is -1.96. The number of nitrogen functional groups attached to an aromatic ring is 1. The van der Waals surface area contributed by atoms with Crippen LogP contribution in [0, 0.1) is 0 Å². The maximum atomic E-state index is 6.02. The Morgan fingerprint density at radius 3 is 2.53 bits per heavy atom. The van der Waals surface area contributed by atoms with Gasteiger partial charge in [-0.1, -0.05) is 18.2 Å². The van der Waals surface area contributed by atoms with Gasteiger partial charge in [0, 0.05) is 5.69 Å². The molecule has 1 aliphatic rings. The van der Waals surface area contributed by atoms with Crippen molar-refractivity contribution in [2.45, 2.75) is 32.3 Å². The van der Waals surface area contributed by atoms with E-state index in [0.29, 0.717) is 0 Å². The highest BCUT2D eigenvalue weighted by Crippen LogP contribution is 2.28. The lowest BCUT2D eigenvalue weighted by Crippen LogP contribution is -2.03. The molecular formula is C17H19NO. The standard InChI is InChI=1S/C17H19NO/c1-12(13-5-8-16(18)9-6-13)19-17-10-7-14-3-2-4-15(14)11-17/h5-12H,2-4,18H2,1H3. The molecule has 0 radical (unpaired) electrons. The molecule has 2 nitrogen and oxygen atoms in total. The number of anilines is 1. The number of hydrogen-bond donors (Lipinski definition) is 1. The molecule has 2 heteroatoms. The number of nitrogens with two attached hydrogens (primary N) is 1. The van der Waals surface area contributed by atoms with Crippen LogP contribution >= 0.6 is 0 Å². The Morgan fingerprint density at radius 1 is 1.00 bits per heavy atom. The first-order valence-electron chi connectivity index (χ1n) is 6.86. The summed E-state index contributed by atoms with van der Waals surface area (Å²) >= 11 is 0. The fourth-order valence-electron chi connectivity index (χ4n) is 2.66. The molecule has 0 saturated heterocycles. The summed E-state index contributed by atoms with van der Waals surface area (Å²) in [5.41, 5.74) is 10.6. The summed E-state index contributed by atoms with van der Waals surface area (Å²) < 4.78 is 6.02. The van der Waals surface area contributed by atoms with E-state index in [1.807, 2.05) is 24.3 Å². The Labute approximate surface area is 114 Å². The van der Waals surface area contributed by atoms with Crippen molar-refractivity contribution in [3.63, 3.8) is 0 Å². The van der Waals surface area contributed by atoms with Crippen molar-refractivity contribution in [1.82, 2.24) is 0 Å². The van der Waals surface area contributed by atoms with Gasteiger partial charge in [-0.05, 0) is 67.1 Å². The first kappa shape index (κ1) is 12.1. The molecule has 0 spiro atoms. The maximum Gasteiger partial charge on any atom is 0.121 e. The lowest BCUT2D eigenvalue weighted by Gasteiger charge is -2.16. The molecule has 1 aliphatic carbocycles. The summed E-state index contributed by atoms with van der Waals surface area (Å²) in [7, 11) is 0. The summed E-state index contributed by atoms with van der Waals surface area (Å²) in [4.78, 5) is 0. The van der Waals surface area contributed by atoms with Crippen LogP contribution in [0.3, 0.4) is 0 Å². The molecule has 2 N–H and O–H groups in total. The highest BCUT2D eigenvalue weighted by molar-refractivity contribution is 5.41. The van der Waals surface area contributed by atoms with Crippen molar-refractivity contribution in [2.24, 2.45) is 0 Å². The lowest BCUT2D eigenvalue weighted by atomic mass is 10.1. The molecule has 0 heterocycles. The molecule has 0 aromatic heterocycles. The Morgan fingerprint density at radius 2 is 1.74 bits per heavy atom.